The minimum Gasteiger partial charge on any atom is -0.505 e. The number of imidazole rings is 1. The maximum Gasteiger partial charge on any atom is 0.273 e. The van der Waals surface area contributed by atoms with Crippen molar-refractivity contribution in [2.75, 3.05) is 5.32 Å². The number of hydrogen-bond acceptors (Lipinski definition) is 3. The molecule has 0 fully saturated rings. The van der Waals surface area contributed by atoms with E-state index in [1.54, 1.807) is 0 Å². The number of halogens is 2. The molecule has 7 heteroatoms. The molecule has 88 valence electrons. The van der Waals surface area contributed by atoms with Crippen LogP contribution in [0.25, 0.3) is 0 Å². The Kier molecular flexibility index (Phi) is 3.35. The predicted molar refractivity (Wildman–Crippen MR) is 67.4 cm³/mol. The number of aromatic hydroxyl groups is 1. The molecule has 3 N–H and O–H groups in total. The lowest BCUT2D eigenvalue weighted by atomic mass is 10.3. The summed E-state index contributed by atoms with van der Waals surface area (Å²) >= 11 is 8.95. The highest BCUT2D eigenvalue weighted by atomic mass is 79.9. The molecule has 0 saturated carbocycles. The number of aromatic nitrogens is 2. The van der Waals surface area contributed by atoms with E-state index in [2.05, 4.69) is 31.2 Å². The van der Waals surface area contributed by atoms with E-state index in [0.29, 0.717) is 15.2 Å². The Morgan fingerprint density at radius 1 is 1.53 bits per heavy atom. The zero-order chi connectivity index (χ0) is 12.4. The number of anilines is 1. The van der Waals surface area contributed by atoms with Crippen LogP contribution in [0.5, 0.6) is 5.75 Å². The SMILES string of the molecule is O=C(Nc1cc(Cl)cc(Br)c1O)c1cnc[nH]1. The lowest BCUT2D eigenvalue weighted by Gasteiger charge is -2.08. The molecule has 1 heterocycles. The third-order valence-corrected chi connectivity index (χ3v) is 2.84. The third kappa shape index (κ3) is 2.59. The Morgan fingerprint density at radius 2 is 2.29 bits per heavy atom. The van der Waals surface area contributed by atoms with E-state index in [0.717, 1.165) is 0 Å². The monoisotopic (exact) mass is 315 g/mol. The number of aromatic amines is 1. The fourth-order valence-corrected chi connectivity index (χ4v) is 2.04. The van der Waals surface area contributed by atoms with Crippen LogP contribution in [0.3, 0.4) is 0 Å². The van der Waals surface area contributed by atoms with Gasteiger partial charge in [0.05, 0.1) is 22.7 Å². The molecule has 0 aliphatic heterocycles. The summed E-state index contributed by atoms with van der Waals surface area (Å²) in [6.45, 7) is 0. The summed E-state index contributed by atoms with van der Waals surface area (Å²) in [7, 11) is 0. The Morgan fingerprint density at radius 3 is 2.94 bits per heavy atom. The van der Waals surface area contributed by atoms with E-state index < -0.39 is 5.91 Å². The summed E-state index contributed by atoms with van der Waals surface area (Å²) in [6, 6.07) is 2.98. The average Bonchev–Trinajstić information content (AvgIpc) is 2.78. The van der Waals surface area contributed by atoms with Gasteiger partial charge in [-0.15, -0.1) is 0 Å². The lowest BCUT2D eigenvalue weighted by Crippen LogP contribution is -2.12. The van der Waals surface area contributed by atoms with Crippen molar-refractivity contribution in [2.45, 2.75) is 0 Å². The Labute approximate surface area is 110 Å². The molecular weight excluding hydrogens is 309 g/mol. The first kappa shape index (κ1) is 11.9. The predicted octanol–water partition coefficient (Wildman–Crippen LogP) is 2.78. The number of carbonyl (C=O) groups excluding carboxylic acids is 1. The van der Waals surface area contributed by atoms with Crippen LogP contribution < -0.4 is 5.32 Å². The summed E-state index contributed by atoms with van der Waals surface area (Å²) < 4.78 is 0.407. The van der Waals surface area contributed by atoms with Crippen molar-refractivity contribution in [1.82, 2.24) is 9.97 Å². The minimum atomic E-state index is -0.410. The van der Waals surface area contributed by atoms with Gasteiger partial charge in [-0.3, -0.25) is 4.79 Å². The highest BCUT2D eigenvalue weighted by molar-refractivity contribution is 9.10. The van der Waals surface area contributed by atoms with Gasteiger partial charge in [0, 0.05) is 5.02 Å². The van der Waals surface area contributed by atoms with Crippen LogP contribution in [0, 0.1) is 0 Å². The molecule has 17 heavy (non-hydrogen) atoms. The van der Waals surface area contributed by atoms with Gasteiger partial charge in [0.1, 0.15) is 5.69 Å². The van der Waals surface area contributed by atoms with Gasteiger partial charge in [-0.1, -0.05) is 11.6 Å². The van der Waals surface area contributed by atoms with E-state index >= 15 is 0 Å². The standard InChI is InChI=1S/C10H7BrClN3O2/c11-6-1-5(12)2-7(9(6)16)15-10(17)8-3-13-4-14-8/h1-4,16H,(H,13,14)(H,15,17). The van der Waals surface area contributed by atoms with Crippen molar-refractivity contribution in [2.24, 2.45) is 0 Å². The molecule has 0 aliphatic carbocycles. The molecule has 0 radical (unpaired) electrons. The molecule has 0 spiro atoms. The fourth-order valence-electron chi connectivity index (χ4n) is 1.23. The van der Waals surface area contributed by atoms with Gasteiger partial charge in [-0.05, 0) is 28.1 Å². The topological polar surface area (TPSA) is 78.0 Å². The van der Waals surface area contributed by atoms with E-state index in [-0.39, 0.29) is 11.4 Å². The number of nitrogens with one attached hydrogen (secondary N) is 2. The smallest absolute Gasteiger partial charge is 0.273 e. The van der Waals surface area contributed by atoms with Crippen molar-refractivity contribution in [1.29, 1.82) is 0 Å². The molecule has 1 amide bonds. The fraction of sp³-hybridized carbons (Fsp3) is 0. The first-order valence-electron chi connectivity index (χ1n) is 4.55. The number of carbonyl (C=O) groups is 1. The second-order valence-electron chi connectivity index (χ2n) is 3.20. The second kappa shape index (κ2) is 4.77. The lowest BCUT2D eigenvalue weighted by molar-refractivity contribution is 0.102. The number of phenolic OH excluding ortho intramolecular Hbond substituents is 1. The molecule has 0 atom stereocenters. The maximum absolute atomic E-state index is 11.7. The maximum atomic E-state index is 11.7. The quantitative estimate of drug-likeness (QED) is 0.746. The number of hydrogen-bond donors (Lipinski definition) is 3. The third-order valence-electron chi connectivity index (χ3n) is 2.02. The van der Waals surface area contributed by atoms with Crippen LogP contribution in [0.4, 0.5) is 5.69 Å². The molecule has 0 saturated heterocycles. The van der Waals surface area contributed by atoms with E-state index in [4.69, 9.17) is 11.6 Å². The molecule has 1 aromatic heterocycles. The van der Waals surface area contributed by atoms with Crippen molar-refractivity contribution in [3.05, 3.63) is 39.8 Å². The first-order chi connectivity index (χ1) is 8.08. The highest BCUT2D eigenvalue weighted by Gasteiger charge is 2.12. The molecule has 5 nitrogen and oxygen atoms in total. The summed E-state index contributed by atoms with van der Waals surface area (Å²) in [5.41, 5.74) is 0.518. The van der Waals surface area contributed by atoms with Gasteiger partial charge in [-0.2, -0.15) is 0 Å². The molecule has 1 aromatic carbocycles. The summed E-state index contributed by atoms with van der Waals surface area (Å²) in [5, 5.41) is 12.6. The summed E-state index contributed by atoms with van der Waals surface area (Å²) in [4.78, 5) is 18.1. The number of nitrogens with zero attached hydrogens (tertiary/aromatic N) is 1. The highest BCUT2D eigenvalue weighted by Crippen LogP contribution is 2.35. The number of benzene rings is 1. The van der Waals surface area contributed by atoms with Crippen LogP contribution >= 0.6 is 27.5 Å². The van der Waals surface area contributed by atoms with Crippen molar-refractivity contribution in [3.8, 4) is 5.75 Å². The number of rotatable bonds is 2. The van der Waals surface area contributed by atoms with Crippen molar-refractivity contribution in [3.63, 3.8) is 0 Å². The van der Waals surface area contributed by atoms with Gasteiger partial charge >= 0.3 is 0 Å². The van der Waals surface area contributed by atoms with Gasteiger partial charge in [0.25, 0.3) is 5.91 Å². The molecule has 2 rings (SSSR count). The summed E-state index contributed by atoms with van der Waals surface area (Å²) in [5.74, 6) is -0.491. The zero-order valence-electron chi connectivity index (χ0n) is 8.37. The van der Waals surface area contributed by atoms with Crippen LogP contribution in [0.1, 0.15) is 10.5 Å². The Hall–Kier alpha value is -1.53. The number of H-pyrrole nitrogens is 1. The normalized spacial score (nSPS) is 10.2. The molecule has 0 bridgehead atoms. The van der Waals surface area contributed by atoms with Gasteiger partial charge in [-0.25, -0.2) is 4.98 Å². The molecule has 0 aliphatic rings. The average molecular weight is 317 g/mol. The molecule has 0 unspecified atom stereocenters. The van der Waals surface area contributed by atoms with Crippen molar-refractivity contribution >= 4 is 39.1 Å². The summed E-state index contributed by atoms with van der Waals surface area (Å²) in [6.07, 6.45) is 2.77. The largest absolute Gasteiger partial charge is 0.505 e. The van der Waals surface area contributed by atoms with Crippen molar-refractivity contribution < 1.29 is 9.90 Å². The molecular formula is C10H7BrClN3O2. The van der Waals surface area contributed by atoms with Gasteiger partial charge < -0.3 is 15.4 Å². The van der Waals surface area contributed by atoms with E-state index in [1.165, 1.54) is 24.7 Å². The van der Waals surface area contributed by atoms with Crippen LogP contribution in [-0.4, -0.2) is 21.0 Å². The Bertz CT molecular complexity index is 557. The van der Waals surface area contributed by atoms with E-state index in [9.17, 15) is 9.90 Å². The van der Waals surface area contributed by atoms with Gasteiger partial charge in [0.2, 0.25) is 0 Å². The number of amides is 1. The Balaban J connectivity index is 2.28. The molecule has 2 aromatic rings. The second-order valence-corrected chi connectivity index (χ2v) is 4.49. The van der Waals surface area contributed by atoms with Crippen LogP contribution in [-0.2, 0) is 0 Å². The zero-order valence-corrected chi connectivity index (χ0v) is 10.7. The van der Waals surface area contributed by atoms with Gasteiger partial charge in [0.15, 0.2) is 5.75 Å². The first-order valence-corrected chi connectivity index (χ1v) is 5.73. The van der Waals surface area contributed by atoms with Crippen LogP contribution in [0.2, 0.25) is 5.02 Å². The van der Waals surface area contributed by atoms with E-state index in [1.807, 2.05) is 0 Å². The minimum absolute atomic E-state index is 0.0812. The van der Waals surface area contributed by atoms with Crippen LogP contribution in [0.15, 0.2) is 29.1 Å². The number of phenols is 1.